The molecular formula is C22H24FN5OS. The topological polar surface area (TPSA) is 57.2 Å². The van der Waals surface area contributed by atoms with Crippen LogP contribution in [0.5, 0.6) is 0 Å². The van der Waals surface area contributed by atoms with Gasteiger partial charge in [0, 0.05) is 37.3 Å². The molecule has 1 fully saturated rings. The van der Waals surface area contributed by atoms with Gasteiger partial charge < -0.3 is 4.90 Å². The predicted molar refractivity (Wildman–Crippen MR) is 118 cm³/mol. The Kier molecular flexibility index (Phi) is 5.78. The van der Waals surface area contributed by atoms with Crippen molar-refractivity contribution in [1.29, 1.82) is 0 Å². The average molecular weight is 426 g/mol. The number of benzene rings is 2. The molecule has 0 spiro atoms. The molecule has 2 heterocycles. The molecule has 4 rings (SSSR count). The van der Waals surface area contributed by atoms with Crippen molar-refractivity contribution >= 4 is 23.7 Å². The van der Waals surface area contributed by atoms with Crippen LogP contribution < -0.4 is 4.90 Å². The first kappa shape index (κ1) is 20.4. The second-order valence-corrected chi connectivity index (χ2v) is 7.98. The van der Waals surface area contributed by atoms with E-state index in [1.807, 2.05) is 40.8 Å². The van der Waals surface area contributed by atoms with Crippen molar-refractivity contribution in [1.82, 2.24) is 19.7 Å². The SMILES string of the molecule is CC(=O)c1ccc(N2CCN(Cn3[nH]c(-c4ccc(C)cc4)nc3=S)CC2)c(F)c1. The fraction of sp³-hybridized carbons (Fsp3) is 0.318. The van der Waals surface area contributed by atoms with Crippen molar-refractivity contribution < 1.29 is 9.18 Å². The number of Topliss-reactive ketones (excluding diaryl/α,β-unsaturated/α-hetero) is 1. The number of nitrogens with zero attached hydrogens (tertiary/aromatic N) is 4. The minimum absolute atomic E-state index is 0.133. The van der Waals surface area contributed by atoms with Crippen molar-refractivity contribution in [3.05, 3.63) is 64.2 Å². The Labute approximate surface area is 179 Å². The van der Waals surface area contributed by atoms with E-state index in [4.69, 9.17) is 12.2 Å². The summed E-state index contributed by atoms with van der Waals surface area (Å²) in [5, 5.41) is 3.29. The molecule has 0 amide bonds. The standard InChI is InChI=1S/C22H24FN5OS/c1-15-3-5-17(6-4-15)21-24-22(30)28(25-21)14-26-9-11-27(12-10-26)20-8-7-18(16(2)29)13-19(20)23/h3-8,13H,9-12,14H2,1-2H3,(H,24,25,30). The van der Waals surface area contributed by atoms with E-state index in [0.29, 0.717) is 35.8 Å². The van der Waals surface area contributed by atoms with Gasteiger partial charge in [0.2, 0.25) is 4.77 Å². The van der Waals surface area contributed by atoms with Crippen LogP contribution in [0.3, 0.4) is 0 Å². The third kappa shape index (κ3) is 4.34. The zero-order chi connectivity index (χ0) is 21.3. The molecule has 156 valence electrons. The Morgan fingerprint density at radius 2 is 1.83 bits per heavy atom. The van der Waals surface area contributed by atoms with Gasteiger partial charge in [-0.3, -0.25) is 14.8 Å². The molecule has 1 aliphatic rings. The lowest BCUT2D eigenvalue weighted by Gasteiger charge is -2.36. The van der Waals surface area contributed by atoms with Gasteiger partial charge in [0.25, 0.3) is 0 Å². The highest BCUT2D eigenvalue weighted by Crippen LogP contribution is 2.23. The zero-order valence-electron chi connectivity index (χ0n) is 17.1. The number of hydrogen-bond donors (Lipinski definition) is 1. The van der Waals surface area contributed by atoms with E-state index in [0.717, 1.165) is 24.5 Å². The molecule has 0 unspecified atom stereocenters. The lowest BCUT2D eigenvalue weighted by atomic mass is 10.1. The summed E-state index contributed by atoms with van der Waals surface area (Å²) in [6.45, 7) is 7.04. The van der Waals surface area contributed by atoms with Gasteiger partial charge >= 0.3 is 0 Å². The Hall–Kier alpha value is -2.84. The lowest BCUT2D eigenvalue weighted by Crippen LogP contribution is -2.47. The molecule has 0 aliphatic carbocycles. The summed E-state index contributed by atoms with van der Waals surface area (Å²) in [6, 6.07) is 12.8. The molecule has 1 aromatic heterocycles. The fourth-order valence-electron chi connectivity index (χ4n) is 3.61. The van der Waals surface area contributed by atoms with Gasteiger partial charge in [0.05, 0.1) is 12.4 Å². The van der Waals surface area contributed by atoms with Crippen molar-refractivity contribution in [2.24, 2.45) is 0 Å². The summed E-state index contributed by atoms with van der Waals surface area (Å²) in [4.78, 5) is 20.2. The minimum atomic E-state index is -0.352. The predicted octanol–water partition coefficient (Wildman–Crippen LogP) is 4.04. The number of carbonyl (C=O) groups excluding carboxylic acids is 1. The van der Waals surface area contributed by atoms with Crippen LogP contribution in [0.25, 0.3) is 11.4 Å². The van der Waals surface area contributed by atoms with Crippen molar-refractivity contribution in [2.45, 2.75) is 20.5 Å². The van der Waals surface area contributed by atoms with E-state index in [1.54, 1.807) is 12.1 Å². The highest BCUT2D eigenvalue weighted by Gasteiger charge is 2.21. The fourth-order valence-corrected chi connectivity index (χ4v) is 3.80. The molecule has 8 heteroatoms. The zero-order valence-corrected chi connectivity index (χ0v) is 17.9. The maximum Gasteiger partial charge on any atom is 0.217 e. The Bertz CT molecular complexity index is 1110. The number of anilines is 1. The van der Waals surface area contributed by atoms with Crippen molar-refractivity contribution in [2.75, 3.05) is 31.1 Å². The summed E-state index contributed by atoms with van der Waals surface area (Å²) >= 11 is 5.42. The second kappa shape index (κ2) is 8.49. The van der Waals surface area contributed by atoms with E-state index < -0.39 is 0 Å². The first-order valence-corrected chi connectivity index (χ1v) is 10.3. The third-order valence-electron chi connectivity index (χ3n) is 5.41. The summed E-state index contributed by atoms with van der Waals surface area (Å²) < 4.78 is 16.8. The van der Waals surface area contributed by atoms with Gasteiger partial charge in [0.1, 0.15) is 5.82 Å². The lowest BCUT2D eigenvalue weighted by molar-refractivity contribution is 0.101. The van der Waals surface area contributed by atoms with Gasteiger partial charge in [0.15, 0.2) is 11.6 Å². The van der Waals surface area contributed by atoms with E-state index in [2.05, 4.69) is 15.0 Å². The molecule has 2 aromatic carbocycles. The molecule has 1 aliphatic heterocycles. The number of aromatic nitrogens is 3. The number of piperazine rings is 1. The number of halogens is 1. The van der Waals surface area contributed by atoms with Gasteiger partial charge in [-0.25, -0.2) is 9.07 Å². The molecule has 1 N–H and O–H groups in total. The average Bonchev–Trinajstić information content (AvgIpc) is 3.09. The highest BCUT2D eigenvalue weighted by molar-refractivity contribution is 7.71. The van der Waals surface area contributed by atoms with Crippen molar-refractivity contribution in [3.8, 4) is 11.4 Å². The van der Waals surface area contributed by atoms with Crippen LogP contribution in [0.15, 0.2) is 42.5 Å². The Morgan fingerprint density at radius 3 is 2.47 bits per heavy atom. The first-order chi connectivity index (χ1) is 14.4. The van der Waals surface area contributed by atoms with Gasteiger partial charge in [-0.2, -0.15) is 4.98 Å². The third-order valence-corrected chi connectivity index (χ3v) is 5.72. The monoisotopic (exact) mass is 425 g/mol. The number of carbonyl (C=O) groups is 1. The number of hydrogen-bond acceptors (Lipinski definition) is 5. The maximum absolute atomic E-state index is 14.4. The number of H-pyrrole nitrogens is 1. The van der Waals surface area contributed by atoms with Gasteiger partial charge in [-0.05, 0) is 44.3 Å². The molecule has 6 nitrogen and oxygen atoms in total. The number of rotatable bonds is 5. The molecular weight excluding hydrogens is 401 g/mol. The molecule has 0 atom stereocenters. The number of aromatic amines is 1. The Morgan fingerprint density at radius 1 is 1.13 bits per heavy atom. The van der Waals surface area contributed by atoms with Gasteiger partial charge in [-0.1, -0.05) is 29.8 Å². The van der Waals surface area contributed by atoms with E-state index in [9.17, 15) is 9.18 Å². The quantitative estimate of drug-likeness (QED) is 0.494. The number of nitrogens with one attached hydrogen (secondary N) is 1. The summed E-state index contributed by atoms with van der Waals surface area (Å²) in [5.74, 6) is 0.271. The smallest absolute Gasteiger partial charge is 0.217 e. The summed E-state index contributed by atoms with van der Waals surface area (Å²) in [5.41, 5.74) is 3.13. The second-order valence-electron chi connectivity index (χ2n) is 7.62. The highest BCUT2D eigenvalue weighted by atomic mass is 32.1. The Balaban J connectivity index is 1.40. The molecule has 0 saturated carbocycles. The van der Waals surface area contributed by atoms with Crippen LogP contribution in [0.2, 0.25) is 0 Å². The maximum atomic E-state index is 14.4. The molecule has 3 aromatic rings. The molecule has 30 heavy (non-hydrogen) atoms. The van der Waals surface area contributed by atoms with E-state index >= 15 is 0 Å². The first-order valence-electron chi connectivity index (χ1n) is 9.92. The van der Waals surface area contributed by atoms with Crippen molar-refractivity contribution in [3.63, 3.8) is 0 Å². The summed E-state index contributed by atoms with van der Waals surface area (Å²) in [6.07, 6.45) is 0. The van der Waals surface area contributed by atoms with Crippen LogP contribution >= 0.6 is 12.2 Å². The molecule has 0 radical (unpaired) electrons. The van der Waals surface area contributed by atoms with E-state index in [-0.39, 0.29) is 11.6 Å². The minimum Gasteiger partial charge on any atom is -0.367 e. The number of ketones is 1. The van der Waals surface area contributed by atoms with Crippen LogP contribution in [0, 0.1) is 17.5 Å². The normalized spacial score (nSPS) is 14.8. The molecule has 0 bridgehead atoms. The summed E-state index contributed by atoms with van der Waals surface area (Å²) in [7, 11) is 0. The van der Waals surface area contributed by atoms with E-state index in [1.165, 1.54) is 18.6 Å². The van der Waals surface area contributed by atoms with Crippen LogP contribution in [0.1, 0.15) is 22.8 Å². The van der Waals surface area contributed by atoms with Gasteiger partial charge in [-0.15, -0.1) is 0 Å². The molecule has 1 saturated heterocycles. The van der Waals surface area contributed by atoms with Crippen LogP contribution in [0.4, 0.5) is 10.1 Å². The number of aryl methyl sites for hydroxylation is 1. The van der Waals surface area contributed by atoms with Crippen LogP contribution in [-0.2, 0) is 6.67 Å². The largest absolute Gasteiger partial charge is 0.367 e. The van der Waals surface area contributed by atoms with Crippen LogP contribution in [-0.4, -0.2) is 51.6 Å².